The van der Waals surface area contributed by atoms with Crippen LogP contribution in [-0.4, -0.2) is 49.1 Å². The van der Waals surface area contributed by atoms with Crippen LogP contribution in [0.15, 0.2) is 36.4 Å². The summed E-state index contributed by atoms with van der Waals surface area (Å²) >= 11 is 0. The van der Waals surface area contributed by atoms with Crippen molar-refractivity contribution >= 4 is 17.6 Å². The molecule has 3 heterocycles. The SMILES string of the molecule is CN(C)c1ccc(CN2C[C@@]34C=C[C@H](O3)[C@@H](C(=O)[O-])[C@H]4C2=O)cc1. The van der Waals surface area contributed by atoms with E-state index in [2.05, 4.69) is 0 Å². The van der Waals surface area contributed by atoms with Crippen LogP contribution in [0, 0.1) is 11.8 Å². The minimum Gasteiger partial charge on any atom is -0.550 e. The van der Waals surface area contributed by atoms with Gasteiger partial charge in [0.25, 0.3) is 0 Å². The molecule has 2 fully saturated rings. The Kier molecular flexibility index (Phi) is 3.22. The number of hydrogen-bond donors (Lipinski definition) is 0. The minimum atomic E-state index is -1.21. The van der Waals surface area contributed by atoms with Crippen molar-refractivity contribution in [3.05, 3.63) is 42.0 Å². The van der Waals surface area contributed by atoms with Crippen molar-refractivity contribution in [2.45, 2.75) is 18.2 Å². The summed E-state index contributed by atoms with van der Waals surface area (Å²) in [5, 5.41) is 11.4. The van der Waals surface area contributed by atoms with Gasteiger partial charge < -0.3 is 24.4 Å². The first-order valence-electron chi connectivity index (χ1n) is 8.04. The molecule has 0 unspecified atom stereocenters. The number of rotatable bonds is 4. The lowest BCUT2D eigenvalue weighted by Gasteiger charge is -2.24. The quantitative estimate of drug-likeness (QED) is 0.715. The van der Waals surface area contributed by atoms with E-state index in [-0.39, 0.29) is 5.91 Å². The number of hydrogen-bond acceptors (Lipinski definition) is 5. The monoisotopic (exact) mass is 327 g/mol. The number of amides is 1. The molecule has 0 aliphatic carbocycles. The van der Waals surface area contributed by atoms with Crippen molar-refractivity contribution in [3.8, 4) is 0 Å². The summed E-state index contributed by atoms with van der Waals surface area (Å²) in [5.41, 5.74) is 1.30. The lowest BCUT2D eigenvalue weighted by molar-refractivity contribution is -0.313. The van der Waals surface area contributed by atoms with E-state index in [1.54, 1.807) is 11.0 Å². The zero-order valence-electron chi connectivity index (χ0n) is 13.6. The molecule has 24 heavy (non-hydrogen) atoms. The average Bonchev–Trinajstić information content (AvgIpc) is 3.16. The van der Waals surface area contributed by atoms with Gasteiger partial charge in [0, 0.05) is 38.2 Å². The predicted octanol–water partition coefficient (Wildman–Crippen LogP) is -0.215. The molecule has 4 atom stereocenters. The maximum absolute atomic E-state index is 12.8. The maximum atomic E-state index is 12.8. The first-order valence-corrected chi connectivity index (χ1v) is 8.04. The molecule has 4 rings (SSSR count). The molecule has 6 heteroatoms. The van der Waals surface area contributed by atoms with Crippen molar-refractivity contribution in [1.82, 2.24) is 4.90 Å². The van der Waals surface area contributed by atoms with E-state index in [9.17, 15) is 14.7 Å². The highest BCUT2D eigenvalue weighted by Crippen LogP contribution is 2.51. The van der Waals surface area contributed by atoms with Gasteiger partial charge in [-0.1, -0.05) is 24.3 Å². The van der Waals surface area contributed by atoms with Gasteiger partial charge in [0.15, 0.2) is 0 Å². The van der Waals surface area contributed by atoms with Gasteiger partial charge in [-0.3, -0.25) is 4.79 Å². The van der Waals surface area contributed by atoms with Gasteiger partial charge in [-0.25, -0.2) is 0 Å². The van der Waals surface area contributed by atoms with Crippen molar-refractivity contribution in [2.24, 2.45) is 11.8 Å². The van der Waals surface area contributed by atoms with E-state index in [1.165, 1.54) is 0 Å². The fourth-order valence-electron chi connectivity index (χ4n) is 4.10. The molecule has 0 radical (unpaired) electrons. The topological polar surface area (TPSA) is 72.9 Å². The smallest absolute Gasteiger partial charge is 0.230 e. The lowest BCUT2D eigenvalue weighted by Crippen LogP contribution is -2.45. The van der Waals surface area contributed by atoms with Crippen LogP contribution in [0.2, 0.25) is 0 Å². The van der Waals surface area contributed by atoms with Gasteiger partial charge in [0.2, 0.25) is 5.91 Å². The molecule has 0 N–H and O–H groups in total. The number of aliphatic carboxylic acids is 1. The third-order valence-corrected chi connectivity index (χ3v) is 5.28. The predicted molar refractivity (Wildman–Crippen MR) is 84.9 cm³/mol. The number of benzene rings is 1. The normalized spacial score (nSPS) is 33.2. The summed E-state index contributed by atoms with van der Waals surface area (Å²) in [6, 6.07) is 7.97. The number of fused-ring (bicyclic) bond motifs is 1. The van der Waals surface area contributed by atoms with Crippen LogP contribution in [0.3, 0.4) is 0 Å². The van der Waals surface area contributed by atoms with E-state index < -0.39 is 29.5 Å². The molecule has 1 aromatic carbocycles. The van der Waals surface area contributed by atoms with Gasteiger partial charge in [0.1, 0.15) is 5.60 Å². The lowest BCUT2D eigenvalue weighted by atomic mass is 9.77. The molecule has 0 aromatic heterocycles. The second-order valence-electron chi connectivity index (χ2n) is 6.97. The summed E-state index contributed by atoms with van der Waals surface area (Å²) in [7, 11) is 3.94. The zero-order valence-corrected chi connectivity index (χ0v) is 13.6. The molecule has 1 amide bonds. The number of likely N-dealkylation sites (tertiary alicyclic amines) is 1. The van der Waals surface area contributed by atoms with Gasteiger partial charge in [-0.2, -0.15) is 0 Å². The van der Waals surface area contributed by atoms with Gasteiger partial charge >= 0.3 is 0 Å². The van der Waals surface area contributed by atoms with Crippen LogP contribution in [-0.2, 0) is 20.9 Å². The Labute approximate surface area is 140 Å². The van der Waals surface area contributed by atoms with E-state index in [0.717, 1.165) is 11.3 Å². The number of carboxylic acids is 1. The summed E-state index contributed by atoms with van der Waals surface area (Å²) in [6.07, 6.45) is 3.07. The summed E-state index contributed by atoms with van der Waals surface area (Å²) in [6.45, 7) is 0.842. The number of nitrogens with zero attached hydrogens (tertiary/aromatic N) is 2. The molecule has 3 aliphatic heterocycles. The fourth-order valence-corrected chi connectivity index (χ4v) is 4.10. The first-order chi connectivity index (χ1) is 11.4. The van der Waals surface area contributed by atoms with Gasteiger partial charge in [0.05, 0.1) is 18.6 Å². The molecular formula is C18H19N2O4-. The molecule has 1 aromatic rings. The Bertz CT molecular complexity index is 727. The molecule has 6 nitrogen and oxygen atoms in total. The largest absolute Gasteiger partial charge is 0.550 e. The maximum Gasteiger partial charge on any atom is 0.230 e. The van der Waals surface area contributed by atoms with E-state index >= 15 is 0 Å². The molecule has 126 valence electrons. The summed E-state index contributed by atoms with van der Waals surface area (Å²) in [5.74, 6) is -2.92. The van der Waals surface area contributed by atoms with E-state index in [1.807, 2.05) is 49.3 Å². The van der Waals surface area contributed by atoms with Crippen LogP contribution in [0.4, 0.5) is 5.69 Å². The van der Waals surface area contributed by atoms with Gasteiger partial charge in [-0.15, -0.1) is 0 Å². The second-order valence-corrected chi connectivity index (χ2v) is 6.97. The number of ether oxygens (including phenoxy) is 1. The Hall–Kier alpha value is -2.34. The number of carboxylic acid groups (broad SMARTS) is 1. The summed E-state index contributed by atoms with van der Waals surface area (Å²) in [4.78, 5) is 27.9. The molecule has 1 spiro atoms. The highest BCUT2D eigenvalue weighted by molar-refractivity contribution is 5.90. The number of carbonyl (C=O) groups excluding carboxylic acids is 2. The van der Waals surface area contributed by atoms with Crippen molar-refractivity contribution in [2.75, 3.05) is 25.5 Å². The summed E-state index contributed by atoms with van der Waals surface area (Å²) < 4.78 is 5.85. The highest BCUT2D eigenvalue weighted by atomic mass is 16.5. The van der Waals surface area contributed by atoms with Crippen molar-refractivity contribution in [3.63, 3.8) is 0 Å². The minimum absolute atomic E-state index is 0.160. The van der Waals surface area contributed by atoms with E-state index in [0.29, 0.717) is 13.1 Å². The molecular weight excluding hydrogens is 308 g/mol. The third kappa shape index (κ3) is 2.06. The third-order valence-electron chi connectivity index (χ3n) is 5.28. The van der Waals surface area contributed by atoms with Crippen LogP contribution in [0.1, 0.15) is 5.56 Å². The number of carbonyl (C=O) groups is 2. The Morgan fingerprint density at radius 3 is 2.71 bits per heavy atom. The van der Waals surface area contributed by atoms with E-state index in [4.69, 9.17) is 4.74 Å². The molecule has 2 saturated heterocycles. The van der Waals surface area contributed by atoms with Crippen LogP contribution >= 0.6 is 0 Å². The molecule has 0 saturated carbocycles. The standard InChI is InChI=1S/C18H20N2O4/c1-19(2)12-5-3-11(4-6-12)9-20-10-18-8-7-13(24-18)14(17(22)23)15(18)16(20)21/h3-8,13-15H,9-10H2,1-2H3,(H,22,23)/p-1/t13-,14+,15-,18+/m0/s1. The van der Waals surface area contributed by atoms with Crippen LogP contribution in [0.5, 0.6) is 0 Å². The molecule has 3 aliphatic rings. The first kappa shape index (κ1) is 15.2. The Balaban J connectivity index is 1.55. The van der Waals surface area contributed by atoms with Crippen LogP contribution < -0.4 is 10.0 Å². The fraction of sp³-hybridized carbons (Fsp3) is 0.444. The Morgan fingerprint density at radius 1 is 1.38 bits per heavy atom. The second kappa shape index (κ2) is 5.08. The zero-order chi connectivity index (χ0) is 17.1. The van der Waals surface area contributed by atoms with Crippen molar-refractivity contribution < 1.29 is 19.4 Å². The van der Waals surface area contributed by atoms with Crippen LogP contribution in [0.25, 0.3) is 0 Å². The highest BCUT2D eigenvalue weighted by Gasteiger charge is 2.65. The average molecular weight is 327 g/mol. The molecule has 2 bridgehead atoms. The van der Waals surface area contributed by atoms with Gasteiger partial charge in [-0.05, 0) is 17.7 Å². The number of anilines is 1. The Morgan fingerprint density at radius 2 is 2.08 bits per heavy atom. The van der Waals surface area contributed by atoms with Crippen molar-refractivity contribution in [1.29, 1.82) is 0 Å².